The first kappa shape index (κ1) is 15.6. The van der Waals surface area contributed by atoms with Gasteiger partial charge < -0.3 is 10.1 Å². The Morgan fingerprint density at radius 1 is 1.29 bits per heavy atom. The van der Waals surface area contributed by atoms with Gasteiger partial charge in [-0.25, -0.2) is 0 Å². The van der Waals surface area contributed by atoms with E-state index in [1.807, 2.05) is 23.9 Å². The van der Waals surface area contributed by atoms with E-state index in [0.29, 0.717) is 6.04 Å². The number of ether oxygens (including phenoxy) is 1. The first-order valence-electron chi connectivity index (χ1n) is 7.44. The normalized spacial score (nSPS) is 12.4. The molecule has 4 heteroatoms. The third-order valence-corrected chi connectivity index (χ3v) is 3.78. The number of methoxy groups -OCH3 is 1. The molecule has 0 fully saturated rings. The van der Waals surface area contributed by atoms with Crippen molar-refractivity contribution in [2.75, 3.05) is 7.11 Å². The second-order valence-corrected chi connectivity index (χ2v) is 5.58. The molecule has 0 bridgehead atoms. The smallest absolute Gasteiger partial charge is 0.118 e. The Kier molecular flexibility index (Phi) is 5.39. The quantitative estimate of drug-likeness (QED) is 0.851. The molecule has 0 aliphatic carbocycles. The average Bonchev–Trinajstić information content (AvgIpc) is 2.81. The van der Waals surface area contributed by atoms with Gasteiger partial charge >= 0.3 is 0 Å². The Hall–Kier alpha value is -1.81. The minimum Gasteiger partial charge on any atom is -0.497 e. The fourth-order valence-corrected chi connectivity index (χ4v) is 2.38. The predicted octanol–water partition coefficient (Wildman–Crippen LogP) is 2.85. The number of aryl methyl sites for hydroxylation is 3. The molecule has 1 atom stereocenters. The van der Waals surface area contributed by atoms with Gasteiger partial charge in [0.25, 0.3) is 0 Å². The Balaban J connectivity index is 1.76. The molecule has 0 radical (unpaired) electrons. The van der Waals surface area contributed by atoms with Crippen molar-refractivity contribution in [2.24, 2.45) is 7.05 Å². The van der Waals surface area contributed by atoms with Gasteiger partial charge in [-0.15, -0.1) is 0 Å². The number of hydrogen-bond donors (Lipinski definition) is 1. The molecule has 1 heterocycles. The maximum absolute atomic E-state index is 5.18. The largest absolute Gasteiger partial charge is 0.497 e. The van der Waals surface area contributed by atoms with E-state index in [0.717, 1.165) is 30.8 Å². The molecule has 0 aliphatic rings. The molecular weight excluding hydrogens is 262 g/mol. The van der Waals surface area contributed by atoms with Crippen LogP contribution in [0.4, 0.5) is 0 Å². The number of aromatic nitrogens is 2. The first-order valence-corrected chi connectivity index (χ1v) is 7.44. The zero-order valence-corrected chi connectivity index (χ0v) is 13.4. The lowest BCUT2D eigenvalue weighted by Gasteiger charge is -2.13. The van der Waals surface area contributed by atoms with Gasteiger partial charge in [-0.1, -0.05) is 12.1 Å². The number of nitrogens with one attached hydrogen (secondary N) is 1. The summed E-state index contributed by atoms with van der Waals surface area (Å²) >= 11 is 0. The van der Waals surface area contributed by atoms with Crippen LogP contribution in [0.5, 0.6) is 5.75 Å². The topological polar surface area (TPSA) is 39.1 Å². The van der Waals surface area contributed by atoms with E-state index < -0.39 is 0 Å². The van der Waals surface area contributed by atoms with Crippen LogP contribution in [0, 0.1) is 6.92 Å². The third-order valence-electron chi connectivity index (χ3n) is 3.78. The minimum atomic E-state index is 0.478. The molecule has 0 saturated carbocycles. The highest BCUT2D eigenvalue weighted by Gasteiger charge is 2.06. The van der Waals surface area contributed by atoms with Crippen molar-refractivity contribution in [1.29, 1.82) is 0 Å². The van der Waals surface area contributed by atoms with E-state index in [2.05, 4.69) is 42.6 Å². The Morgan fingerprint density at radius 2 is 2.00 bits per heavy atom. The summed E-state index contributed by atoms with van der Waals surface area (Å²) in [7, 11) is 3.66. The summed E-state index contributed by atoms with van der Waals surface area (Å²) in [6.07, 6.45) is 4.27. The van der Waals surface area contributed by atoms with Gasteiger partial charge in [0.15, 0.2) is 0 Å². The molecule has 1 unspecified atom stereocenters. The van der Waals surface area contributed by atoms with E-state index in [-0.39, 0.29) is 0 Å². The molecule has 0 spiro atoms. The SMILES string of the molecule is COc1ccc(CCC(C)NCc2cn(C)nc2C)cc1. The summed E-state index contributed by atoms with van der Waals surface area (Å²) in [5, 5.41) is 7.93. The fraction of sp³-hybridized carbons (Fsp3) is 0.471. The van der Waals surface area contributed by atoms with Crippen LogP contribution >= 0.6 is 0 Å². The summed E-state index contributed by atoms with van der Waals surface area (Å²) < 4.78 is 7.04. The lowest BCUT2D eigenvalue weighted by atomic mass is 10.1. The number of nitrogens with zero attached hydrogens (tertiary/aromatic N) is 2. The van der Waals surface area contributed by atoms with Gasteiger partial charge in [0.05, 0.1) is 12.8 Å². The van der Waals surface area contributed by atoms with E-state index >= 15 is 0 Å². The second kappa shape index (κ2) is 7.27. The van der Waals surface area contributed by atoms with E-state index in [9.17, 15) is 0 Å². The van der Waals surface area contributed by atoms with E-state index in [1.165, 1.54) is 11.1 Å². The van der Waals surface area contributed by atoms with Gasteiger partial charge in [0.2, 0.25) is 0 Å². The molecule has 114 valence electrons. The minimum absolute atomic E-state index is 0.478. The highest BCUT2D eigenvalue weighted by molar-refractivity contribution is 5.27. The van der Waals surface area contributed by atoms with E-state index in [1.54, 1.807) is 7.11 Å². The van der Waals surface area contributed by atoms with E-state index in [4.69, 9.17) is 4.74 Å². The third kappa shape index (κ3) is 4.60. The van der Waals surface area contributed by atoms with Crippen molar-refractivity contribution in [1.82, 2.24) is 15.1 Å². The summed E-state index contributed by atoms with van der Waals surface area (Å²) in [5.41, 5.74) is 3.73. The molecule has 1 aromatic heterocycles. The van der Waals surface area contributed by atoms with Crippen LogP contribution in [0.1, 0.15) is 30.2 Å². The first-order chi connectivity index (χ1) is 10.1. The van der Waals surface area contributed by atoms with Crippen molar-refractivity contribution < 1.29 is 4.74 Å². The lowest BCUT2D eigenvalue weighted by Crippen LogP contribution is -2.26. The lowest BCUT2D eigenvalue weighted by molar-refractivity contribution is 0.414. The summed E-state index contributed by atoms with van der Waals surface area (Å²) in [4.78, 5) is 0. The van der Waals surface area contributed by atoms with Crippen molar-refractivity contribution in [3.63, 3.8) is 0 Å². The van der Waals surface area contributed by atoms with Crippen LogP contribution in [-0.2, 0) is 20.0 Å². The van der Waals surface area contributed by atoms with Crippen LogP contribution in [0.2, 0.25) is 0 Å². The van der Waals surface area contributed by atoms with Crippen LogP contribution < -0.4 is 10.1 Å². The maximum atomic E-state index is 5.18. The van der Waals surface area contributed by atoms with Crippen molar-refractivity contribution in [2.45, 2.75) is 39.3 Å². The van der Waals surface area contributed by atoms with Crippen LogP contribution in [0.15, 0.2) is 30.5 Å². The van der Waals surface area contributed by atoms with Gasteiger partial charge in [-0.05, 0) is 44.4 Å². The standard InChI is InChI=1S/C17H25N3O/c1-13(18-11-16-12-20(3)19-14(16)2)5-6-15-7-9-17(21-4)10-8-15/h7-10,12-13,18H,5-6,11H2,1-4H3. The summed E-state index contributed by atoms with van der Waals surface area (Å²) in [6.45, 7) is 5.16. The molecular formula is C17H25N3O. The summed E-state index contributed by atoms with van der Waals surface area (Å²) in [6, 6.07) is 8.79. The summed E-state index contributed by atoms with van der Waals surface area (Å²) in [5.74, 6) is 0.914. The number of rotatable bonds is 7. The predicted molar refractivity (Wildman–Crippen MR) is 85.6 cm³/mol. The van der Waals surface area contributed by atoms with Gasteiger partial charge in [0, 0.05) is 31.4 Å². The van der Waals surface area contributed by atoms with Crippen LogP contribution in [-0.4, -0.2) is 22.9 Å². The Labute approximate surface area is 127 Å². The number of hydrogen-bond acceptors (Lipinski definition) is 3. The zero-order chi connectivity index (χ0) is 15.2. The maximum Gasteiger partial charge on any atom is 0.118 e. The fourth-order valence-electron chi connectivity index (χ4n) is 2.38. The van der Waals surface area contributed by atoms with Gasteiger partial charge in [-0.2, -0.15) is 5.10 Å². The second-order valence-electron chi connectivity index (χ2n) is 5.58. The van der Waals surface area contributed by atoms with Crippen molar-refractivity contribution in [3.8, 4) is 5.75 Å². The monoisotopic (exact) mass is 287 g/mol. The van der Waals surface area contributed by atoms with Gasteiger partial charge in [-0.3, -0.25) is 4.68 Å². The molecule has 21 heavy (non-hydrogen) atoms. The van der Waals surface area contributed by atoms with Crippen molar-refractivity contribution in [3.05, 3.63) is 47.3 Å². The molecule has 0 saturated heterocycles. The molecule has 2 rings (SSSR count). The zero-order valence-electron chi connectivity index (χ0n) is 13.4. The average molecular weight is 287 g/mol. The molecule has 2 aromatic rings. The Bertz CT molecular complexity index is 560. The molecule has 1 aromatic carbocycles. The van der Waals surface area contributed by atoms with Gasteiger partial charge in [0.1, 0.15) is 5.75 Å². The Morgan fingerprint density at radius 3 is 2.57 bits per heavy atom. The number of benzene rings is 1. The molecule has 0 aliphatic heterocycles. The van der Waals surface area contributed by atoms with Crippen LogP contribution in [0.3, 0.4) is 0 Å². The molecule has 4 nitrogen and oxygen atoms in total. The molecule has 1 N–H and O–H groups in total. The van der Waals surface area contributed by atoms with Crippen molar-refractivity contribution >= 4 is 0 Å². The molecule has 0 amide bonds. The van der Waals surface area contributed by atoms with Crippen LogP contribution in [0.25, 0.3) is 0 Å². The highest BCUT2D eigenvalue weighted by Crippen LogP contribution is 2.13. The highest BCUT2D eigenvalue weighted by atomic mass is 16.5.